The Hall–Kier alpha value is -4.77. The highest BCUT2D eigenvalue weighted by molar-refractivity contribution is 5.86. The van der Waals surface area contributed by atoms with Crippen molar-refractivity contribution in [1.29, 1.82) is 0 Å². The summed E-state index contributed by atoms with van der Waals surface area (Å²) in [5, 5.41) is 3.43. The van der Waals surface area contributed by atoms with Gasteiger partial charge < -0.3 is 29.8 Å². The lowest BCUT2D eigenvalue weighted by atomic mass is 9.72. The largest absolute Gasteiger partial charge is 0.343 e. The summed E-state index contributed by atoms with van der Waals surface area (Å²) in [6.07, 6.45) is 16.2. The van der Waals surface area contributed by atoms with Crippen LogP contribution < -0.4 is 15.1 Å². The van der Waals surface area contributed by atoms with Gasteiger partial charge in [-0.05, 0) is 163 Å². The number of carbonyl (C=O) groups excluding carboxylic acids is 3. The minimum Gasteiger partial charge on any atom is -0.343 e. The normalized spacial score (nSPS) is 22.6. The Bertz CT molecular complexity index is 2250. The maximum atomic E-state index is 15.8. The Morgan fingerprint density at radius 1 is 0.848 bits per heavy atom. The van der Waals surface area contributed by atoms with Crippen molar-refractivity contribution in [1.82, 2.24) is 19.7 Å². The minimum atomic E-state index is -0.338. The molecule has 1 unspecified atom stereocenters. The molecule has 0 radical (unpaired) electrons. The van der Waals surface area contributed by atoms with E-state index in [4.69, 9.17) is 4.98 Å². The van der Waals surface area contributed by atoms with Gasteiger partial charge in [-0.3, -0.25) is 14.4 Å². The number of anilines is 4. The molecule has 3 saturated heterocycles. The van der Waals surface area contributed by atoms with Crippen LogP contribution in [0.1, 0.15) is 146 Å². The fourth-order valence-electron chi connectivity index (χ4n) is 12.0. The highest BCUT2D eigenvalue weighted by Crippen LogP contribution is 2.46. The topological polar surface area (TPSA) is 92.3 Å². The maximum absolute atomic E-state index is 15.8. The van der Waals surface area contributed by atoms with Crippen LogP contribution in [0.15, 0.2) is 49.2 Å². The molecule has 2 aromatic carbocycles. The van der Waals surface area contributed by atoms with Gasteiger partial charge in [-0.2, -0.15) is 0 Å². The van der Waals surface area contributed by atoms with E-state index in [9.17, 15) is 14.4 Å². The first-order valence-corrected chi connectivity index (χ1v) is 25.4. The van der Waals surface area contributed by atoms with Crippen molar-refractivity contribution in [2.45, 2.75) is 161 Å². The van der Waals surface area contributed by atoms with Gasteiger partial charge >= 0.3 is 0 Å². The molecule has 0 spiro atoms. The Kier molecular flexibility index (Phi) is 14.6. The first kappa shape index (κ1) is 47.7. The van der Waals surface area contributed by atoms with Gasteiger partial charge in [-0.1, -0.05) is 65.2 Å². The summed E-state index contributed by atoms with van der Waals surface area (Å²) in [5.41, 5.74) is 7.46. The summed E-state index contributed by atoms with van der Waals surface area (Å²) in [6.45, 7) is 23.6. The zero-order chi connectivity index (χ0) is 46.9. The second kappa shape index (κ2) is 20.2. The molecule has 1 aromatic heterocycles. The second-order valence-corrected chi connectivity index (χ2v) is 21.3. The van der Waals surface area contributed by atoms with Crippen LogP contribution in [0.3, 0.4) is 0 Å². The average Bonchev–Trinajstić information content (AvgIpc) is 3.80. The summed E-state index contributed by atoms with van der Waals surface area (Å²) in [6, 6.07) is 12.7. The number of carbonyl (C=O) groups is 3. The number of rotatable bonds is 14. The third-order valence-electron chi connectivity index (χ3n) is 16.1. The Morgan fingerprint density at radius 3 is 2.18 bits per heavy atom. The van der Waals surface area contributed by atoms with Gasteiger partial charge in [-0.25, -0.2) is 9.37 Å². The predicted octanol–water partition coefficient (Wildman–Crippen LogP) is 11.0. The van der Waals surface area contributed by atoms with Crippen molar-refractivity contribution in [3.8, 4) is 11.3 Å². The predicted molar refractivity (Wildman–Crippen MR) is 266 cm³/mol. The molecule has 10 nitrogen and oxygen atoms in total. The maximum Gasteiger partial charge on any atom is 0.227 e. The van der Waals surface area contributed by atoms with Crippen LogP contribution in [-0.2, 0) is 19.8 Å². The summed E-state index contributed by atoms with van der Waals surface area (Å²) in [4.78, 5) is 56.9. The molecule has 1 atom stereocenters. The monoisotopic (exact) mass is 902 g/mol. The number of nitrogens with one attached hydrogen (secondary N) is 1. The van der Waals surface area contributed by atoms with Crippen LogP contribution in [0.5, 0.6) is 0 Å². The van der Waals surface area contributed by atoms with Gasteiger partial charge in [0.05, 0.1) is 23.0 Å². The smallest absolute Gasteiger partial charge is 0.227 e. The van der Waals surface area contributed by atoms with E-state index in [1.807, 2.05) is 27.7 Å². The summed E-state index contributed by atoms with van der Waals surface area (Å²) >= 11 is 0. The molecule has 3 aliphatic heterocycles. The SMILES string of the molecule is C=CN(c1c(C)cc(-c2ccc(C3(C)CCN(C(=O)C4CCN(C(=O)C5CCCCC5)C4)CC3)c(N(C=O)C3CC(N4CCCCC4)C3)c2)nc1Nc1cc(C(C)C)c(C)cc1F)C(C)C. The molecule has 11 heteroatoms. The number of halogens is 1. The highest BCUT2D eigenvalue weighted by atomic mass is 19.1. The van der Waals surface area contributed by atoms with Gasteiger partial charge in [0.15, 0.2) is 5.82 Å². The van der Waals surface area contributed by atoms with Crippen molar-refractivity contribution < 1.29 is 18.8 Å². The molecule has 3 aromatic rings. The van der Waals surface area contributed by atoms with Gasteiger partial charge in [0.1, 0.15) is 5.82 Å². The molecule has 356 valence electrons. The number of pyridine rings is 1. The van der Waals surface area contributed by atoms with Gasteiger partial charge in [-0.15, -0.1) is 0 Å². The fraction of sp³-hybridized carbons (Fsp3) is 0.600. The Balaban J connectivity index is 1.10. The summed E-state index contributed by atoms with van der Waals surface area (Å²) in [7, 11) is 0. The van der Waals surface area contributed by atoms with E-state index < -0.39 is 0 Å². The van der Waals surface area contributed by atoms with Crippen molar-refractivity contribution in [2.24, 2.45) is 11.8 Å². The van der Waals surface area contributed by atoms with E-state index in [0.717, 1.165) is 122 Å². The van der Waals surface area contributed by atoms with Crippen molar-refractivity contribution in [3.63, 3.8) is 0 Å². The number of aryl methyl sites for hydroxylation is 2. The van der Waals surface area contributed by atoms with E-state index in [-0.39, 0.29) is 52.9 Å². The molecule has 5 aliphatic rings. The number of likely N-dealkylation sites (tertiary alicyclic amines) is 3. The molecule has 8 rings (SSSR count). The number of hydrogen-bond acceptors (Lipinski definition) is 7. The molecule has 4 heterocycles. The van der Waals surface area contributed by atoms with Crippen LogP contribution in [0.25, 0.3) is 11.3 Å². The van der Waals surface area contributed by atoms with Crippen molar-refractivity contribution >= 4 is 41.1 Å². The Morgan fingerprint density at radius 2 is 1.53 bits per heavy atom. The van der Waals surface area contributed by atoms with E-state index in [1.165, 1.54) is 25.7 Å². The van der Waals surface area contributed by atoms with E-state index in [2.05, 4.69) is 87.5 Å². The van der Waals surface area contributed by atoms with Crippen LogP contribution >= 0.6 is 0 Å². The van der Waals surface area contributed by atoms with Crippen molar-refractivity contribution in [2.75, 3.05) is 54.4 Å². The fourth-order valence-corrected chi connectivity index (χ4v) is 12.0. The number of aromatic nitrogens is 1. The van der Waals surface area contributed by atoms with Gasteiger partial charge in [0, 0.05) is 61.5 Å². The third-order valence-corrected chi connectivity index (χ3v) is 16.1. The minimum absolute atomic E-state index is 0.0671. The molecule has 3 amide bonds. The first-order chi connectivity index (χ1) is 31.7. The molecule has 1 N–H and O–H groups in total. The number of piperidine rings is 2. The summed E-state index contributed by atoms with van der Waals surface area (Å²) < 4.78 is 15.8. The molecular weight excluding hydrogens is 826 g/mol. The number of nitrogens with zero attached hydrogens (tertiary/aromatic N) is 6. The zero-order valence-corrected chi connectivity index (χ0v) is 41.0. The molecular formula is C55H76FN7O3. The van der Waals surface area contributed by atoms with Gasteiger partial charge in [0.25, 0.3) is 0 Å². The first-order valence-electron chi connectivity index (χ1n) is 25.4. The average molecular weight is 902 g/mol. The molecule has 2 aliphatic carbocycles. The lowest BCUT2D eigenvalue weighted by Gasteiger charge is -2.49. The van der Waals surface area contributed by atoms with Crippen LogP contribution in [0.4, 0.5) is 27.3 Å². The lowest BCUT2D eigenvalue weighted by molar-refractivity contribution is -0.138. The second-order valence-electron chi connectivity index (χ2n) is 21.3. The lowest BCUT2D eigenvalue weighted by Crippen LogP contribution is -2.55. The zero-order valence-electron chi connectivity index (χ0n) is 41.0. The quantitative estimate of drug-likeness (QED) is 0.161. The van der Waals surface area contributed by atoms with Gasteiger partial charge in [0.2, 0.25) is 18.2 Å². The number of benzene rings is 2. The molecule has 66 heavy (non-hydrogen) atoms. The number of amides is 3. The molecule has 5 fully saturated rings. The van der Waals surface area contributed by atoms with Crippen LogP contribution in [0, 0.1) is 31.5 Å². The highest BCUT2D eigenvalue weighted by Gasteiger charge is 2.43. The van der Waals surface area contributed by atoms with Crippen molar-refractivity contribution in [3.05, 3.63) is 77.2 Å². The Labute approximate surface area is 394 Å². The van der Waals surface area contributed by atoms with Crippen LogP contribution in [0.2, 0.25) is 0 Å². The van der Waals surface area contributed by atoms with E-state index >= 15 is 4.39 Å². The van der Waals surface area contributed by atoms with E-state index in [0.29, 0.717) is 43.7 Å². The third kappa shape index (κ3) is 9.79. The summed E-state index contributed by atoms with van der Waals surface area (Å²) in [5.74, 6) is 0.814. The van der Waals surface area contributed by atoms with Crippen LogP contribution in [-0.4, -0.2) is 95.3 Å². The number of hydrogen-bond donors (Lipinski definition) is 1. The standard InChI is InChI=1S/C55H76FN7O3/c1-9-62(37(4)5)51-39(7)29-48(57-52(51)58-49-33-45(36(2)3)38(6)28-47(49)56)41-18-19-46(50(30-41)63(35-64)44-31-43(32-44)59-23-14-11-15-24-59)55(8)21-26-60(27-22-55)54(66)42-20-25-61(34-42)53(65)40-16-12-10-13-17-40/h9,18-19,28-30,33,35-37,40,42-44H,1,10-17,20-27,31-32,34H2,2-8H3,(H,57,58). The molecule has 0 bridgehead atoms. The molecule has 2 saturated carbocycles. The van der Waals surface area contributed by atoms with E-state index in [1.54, 1.807) is 12.3 Å².